The summed E-state index contributed by atoms with van der Waals surface area (Å²) in [6, 6.07) is 6.86. The second-order valence-electron chi connectivity index (χ2n) is 5.01. The van der Waals surface area contributed by atoms with Gasteiger partial charge in [0.1, 0.15) is 16.8 Å². The van der Waals surface area contributed by atoms with Crippen LogP contribution in [0, 0.1) is 5.92 Å². The molecule has 1 aromatic carbocycles. The predicted octanol–water partition coefficient (Wildman–Crippen LogP) is 4.83. The number of hydrazine groups is 1. The van der Waals surface area contributed by atoms with Crippen LogP contribution in [0.1, 0.15) is 18.7 Å². The molecule has 1 aliphatic rings. The molecule has 2 N–H and O–H groups in total. The van der Waals surface area contributed by atoms with E-state index in [1.54, 1.807) is 24.3 Å². The minimum Gasteiger partial charge on any atom is -0.298 e. The monoisotopic (exact) mass is 342 g/mol. The highest BCUT2D eigenvalue weighted by molar-refractivity contribution is 6.36. The van der Waals surface area contributed by atoms with E-state index in [0.29, 0.717) is 32.6 Å². The van der Waals surface area contributed by atoms with E-state index < -0.39 is 0 Å². The molecule has 1 aromatic heterocycles. The van der Waals surface area contributed by atoms with E-state index in [9.17, 15) is 0 Å². The quantitative estimate of drug-likeness (QED) is 0.603. The van der Waals surface area contributed by atoms with E-state index in [-0.39, 0.29) is 0 Å². The Labute approximate surface area is 137 Å². The molecule has 1 aliphatic carbocycles. The Morgan fingerprint density at radius 1 is 1.05 bits per heavy atom. The summed E-state index contributed by atoms with van der Waals surface area (Å²) in [5, 5.41) is 1.53. The van der Waals surface area contributed by atoms with Crippen molar-refractivity contribution in [1.29, 1.82) is 0 Å². The lowest BCUT2D eigenvalue weighted by atomic mass is 10.3. The number of halogens is 3. The van der Waals surface area contributed by atoms with Gasteiger partial charge >= 0.3 is 0 Å². The van der Waals surface area contributed by atoms with Crippen molar-refractivity contribution in [1.82, 2.24) is 9.97 Å². The third-order valence-electron chi connectivity index (χ3n) is 3.17. The lowest BCUT2D eigenvalue weighted by Gasteiger charge is -2.11. The highest BCUT2D eigenvalue weighted by Gasteiger charge is 2.23. The average molecular weight is 344 g/mol. The number of aromatic nitrogens is 2. The van der Waals surface area contributed by atoms with Gasteiger partial charge in [-0.05, 0) is 37.0 Å². The summed E-state index contributed by atoms with van der Waals surface area (Å²) < 4.78 is 0. The van der Waals surface area contributed by atoms with Gasteiger partial charge in [-0.15, -0.1) is 0 Å². The van der Waals surface area contributed by atoms with Crippen molar-refractivity contribution in [3.8, 4) is 0 Å². The Hall–Kier alpha value is -1.23. The second-order valence-corrected chi connectivity index (χ2v) is 6.24. The molecule has 2 aromatic rings. The summed E-state index contributed by atoms with van der Waals surface area (Å²) in [5.74, 6) is 2.07. The van der Waals surface area contributed by atoms with Gasteiger partial charge in [-0.25, -0.2) is 9.97 Å². The molecule has 0 spiro atoms. The first-order valence-electron chi connectivity index (χ1n) is 6.61. The molecule has 0 amide bonds. The third kappa shape index (κ3) is 4.13. The molecule has 4 nitrogen and oxygen atoms in total. The Bertz CT molecular complexity index is 659. The minimum atomic E-state index is 0.423. The van der Waals surface area contributed by atoms with Crippen LogP contribution in [0.3, 0.4) is 0 Å². The van der Waals surface area contributed by atoms with Crippen LogP contribution >= 0.6 is 34.8 Å². The SMILES string of the molecule is Clc1ccc(NNc2cc(Cl)nc(CC3CC3)n2)c(Cl)c1. The summed E-state index contributed by atoms with van der Waals surface area (Å²) in [4.78, 5) is 8.68. The first-order valence-corrected chi connectivity index (χ1v) is 7.74. The van der Waals surface area contributed by atoms with Crippen molar-refractivity contribution in [3.63, 3.8) is 0 Å². The minimum absolute atomic E-state index is 0.423. The van der Waals surface area contributed by atoms with Crippen molar-refractivity contribution < 1.29 is 0 Å². The van der Waals surface area contributed by atoms with Crippen LogP contribution in [0.15, 0.2) is 24.3 Å². The number of nitrogens with one attached hydrogen (secondary N) is 2. The molecule has 0 saturated heterocycles. The van der Waals surface area contributed by atoms with Crippen LogP contribution in [0.5, 0.6) is 0 Å². The highest BCUT2D eigenvalue weighted by atomic mass is 35.5. The van der Waals surface area contributed by atoms with E-state index in [0.717, 1.165) is 12.2 Å². The van der Waals surface area contributed by atoms with Gasteiger partial charge in [0.15, 0.2) is 0 Å². The molecule has 0 radical (unpaired) electrons. The van der Waals surface area contributed by atoms with Crippen LogP contribution in [-0.2, 0) is 6.42 Å². The fraction of sp³-hybridized carbons (Fsp3) is 0.286. The zero-order valence-electron chi connectivity index (χ0n) is 11.0. The zero-order chi connectivity index (χ0) is 14.8. The van der Waals surface area contributed by atoms with Gasteiger partial charge in [0.25, 0.3) is 0 Å². The van der Waals surface area contributed by atoms with Crippen LogP contribution in [0.4, 0.5) is 11.5 Å². The molecule has 21 heavy (non-hydrogen) atoms. The second kappa shape index (κ2) is 6.26. The first kappa shape index (κ1) is 14.7. The molecule has 0 aliphatic heterocycles. The van der Waals surface area contributed by atoms with Crippen LogP contribution in [0.25, 0.3) is 0 Å². The average Bonchev–Trinajstić information content (AvgIpc) is 3.21. The molecule has 0 unspecified atom stereocenters. The summed E-state index contributed by atoms with van der Waals surface area (Å²) in [6.45, 7) is 0. The summed E-state index contributed by atoms with van der Waals surface area (Å²) in [7, 11) is 0. The molecule has 0 atom stereocenters. The summed E-state index contributed by atoms with van der Waals surface area (Å²) in [6.07, 6.45) is 3.37. The molecular formula is C14H13Cl3N4. The molecule has 1 saturated carbocycles. The molecule has 3 rings (SSSR count). The number of rotatable bonds is 5. The first-order chi connectivity index (χ1) is 10.1. The van der Waals surface area contributed by atoms with Crippen molar-refractivity contribution in [2.24, 2.45) is 5.92 Å². The lowest BCUT2D eigenvalue weighted by molar-refractivity contribution is 0.771. The Kier molecular flexibility index (Phi) is 4.38. The van der Waals surface area contributed by atoms with Crippen LogP contribution < -0.4 is 10.9 Å². The van der Waals surface area contributed by atoms with Gasteiger partial charge in [0, 0.05) is 17.5 Å². The lowest BCUT2D eigenvalue weighted by Crippen LogP contribution is -2.12. The highest BCUT2D eigenvalue weighted by Crippen LogP contribution is 2.32. The van der Waals surface area contributed by atoms with E-state index >= 15 is 0 Å². The van der Waals surface area contributed by atoms with Crippen LogP contribution in [0.2, 0.25) is 15.2 Å². The standard InChI is InChI=1S/C14H13Cl3N4/c15-9-3-4-11(10(16)6-9)20-21-14-7-12(17)18-13(19-14)5-8-1-2-8/h3-4,6-8,20H,1-2,5H2,(H,18,19,21). The largest absolute Gasteiger partial charge is 0.298 e. The van der Waals surface area contributed by atoms with Crippen LogP contribution in [-0.4, -0.2) is 9.97 Å². The van der Waals surface area contributed by atoms with Gasteiger partial charge in [-0.2, -0.15) is 0 Å². The molecule has 0 bridgehead atoms. The predicted molar refractivity (Wildman–Crippen MR) is 87.2 cm³/mol. The maximum atomic E-state index is 6.09. The van der Waals surface area contributed by atoms with Crippen molar-refractivity contribution in [2.45, 2.75) is 19.3 Å². The molecular weight excluding hydrogens is 331 g/mol. The Morgan fingerprint density at radius 3 is 2.57 bits per heavy atom. The smallest absolute Gasteiger partial charge is 0.149 e. The maximum absolute atomic E-state index is 6.09. The van der Waals surface area contributed by atoms with Gasteiger partial charge in [0.05, 0.1) is 10.7 Å². The number of benzene rings is 1. The van der Waals surface area contributed by atoms with E-state index in [4.69, 9.17) is 34.8 Å². The van der Waals surface area contributed by atoms with Gasteiger partial charge in [-0.1, -0.05) is 34.8 Å². The summed E-state index contributed by atoms with van der Waals surface area (Å²) in [5.41, 5.74) is 6.68. The normalized spacial score (nSPS) is 14.0. The fourth-order valence-electron chi connectivity index (χ4n) is 1.92. The number of nitrogens with zero attached hydrogens (tertiary/aromatic N) is 2. The number of anilines is 2. The third-order valence-corrected chi connectivity index (χ3v) is 3.91. The maximum Gasteiger partial charge on any atom is 0.149 e. The summed E-state index contributed by atoms with van der Waals surface area (Å²) >= 11 is 18.0. The molecule has 7 heteroatoms. The van der Waals surface area contributed by atoms with Crippen molar-refractivity contribution in [3.05, 3.63) is 45.3 Å². The van der Waals surface area contributed by atoms with E-state index in [2.05, 4.69) is 20.8 Å². The van der Waals surface area contributed by atoms with Crippen molar-refractivity contribution >= 4 is 46.3 Å². The molecule has 110 valence electrons. The molecule has 1 heterocycles. The number of hydrogen-bond acceptors (Lipinski definition) is 4. The van der Waals surface area contributed by atoms with E-state index in [1.807, 2.05) is 0 Å². The number of hydrogen-bond donors (Lipinski definition) is 2. The Morgan fingerprint density at radius 2 is 1.86 bits per heavy atom. The van der Waals surface area contributed by atoms with Gasteiger partial charge < -0.3 is 0 Å². The van der Waals surface area contributed by atoms with E-state index in [1.165, 1.54) is 12.8 Å². The van der Waals surface area contributed by atoms with Crippen molar-refractivity contribution in [2.75, 3.05) is 10.9 Å². The Balaban J connectivity index is 1.70. The van der Waals surface area contributed by atoms with Gasteiger partial charge in [-0.3, -0.25) is 10.9 Å². The molecule has 1 fully saturated rings. The topological polar surface area (TPSA) is 49.8 Å². The zero-order valence-corrected chi connectivity index (χ0v) is 13.3. The van der Waals surface area contributed by atoms with Gasteiger partial charge in [0.2, 0.25) is 0 Å². The fourth-order valence-corrected chi connectivity index (χ4v) is 2.58.